The standard InChI is InChI=1S/C12H21F3N2O/c1-3-4-10(16)11(18)17(7-12(13,14)15)8(2)9-5-6-9/h8-10H,3-7,16H2,1-2H3/t8?,10-/m1/s1. The van der Waals surface area contributed by atoms with Crippen molar-refractivity contribution >= 4 is 5.91 Å². The predicted molar refractivity (Wildman–Crippen MR) is 62.8 cm³/mol. The fourth-order valence-electron chi connectivity index (χ4n) is 2.10. The number of carbonyl (C=O) groups is 1. The number of hydrogen-bond acceptors (Lipinski definition) is 2. The molecule has 2 atom stereocenters. The molecule has 0 aromatic carbocycles. The van der Waals surface area contributed by atoms with E-state index in [2.05, 4.69) is 0 Å². The molecule has 1 aliphatic rings. The molecule has 18 heavy (non-hydrogen) atoms. The van der Waals surface area contributed by atoms with Crippen LogP contribution in [0.5, 0.6) is 0 Å². The van der Waals surface area contributed by atoms with E-state index in [0.29, 0.717) is 12.8 Å². The Hall–Kier alpha value is -0.780. The van der Waals surface area contributed by atoms with Gasteiger partial charge >= 0.3 is 6.18 Å². The molecule has 0 aromatic heterocycles. The van der Waals surface area contributed by atoms with E-state index in [1.165, 1.54) is 0 Å². The summed E-state index contributed by atoms with van der Waals surface area (Å²) in [5.74, 6) is -0.376. The highest BCUT2D eigenvalue weighted by Crippen LogP contribution is 2.36. The quantitative estimate of drug-likeness (QED) is 0.802. The van der Waals surface area contributed by atoms with Crippen molar-refractivity contribution in [3.63, 3.8) is 0 Å². The predicted octanol–water partition coefficient (Wildman–Crippen LogP) is 2.30. The number of hydrogen-bond donors (Lipinski definition) is 1. The van der Waals surface area contributed by atoms with Crippen LogP contribution in [0.1, 0.15) is 39.5 Å². The van der Waals surface area contributed by atoms with Gasteiger partial charge in [-0.05, 0) is 32.1 Å². The van der Waals surface area contributed by atoms with E-state index in [0.717, 1.165) is 17.7 Å². The molecule has 1 rings (SSSR count). The molecule has 0 spiro atoms. The summed E-state index contributed by atoms with van der Waals surface area (Å²) in [4.78, 5) is 12.9. The van der Waals surface area contributed by atoms with E-state index in [1.807, 2.05) is 6.92 Å². The minimum atomic E-state index is -4.37. The second-order valence-electron chi connectivity index (χ2n) is 5.05. The van der Waals surface area contributed by atoms with Crippen LogP contribution in [0.15, 0.2) is 0 Å². The Bertz CT molecular complexity index is 290. The van der Waals surface area contributed by atoms with Gasteiger partial charge in [0.25, 0.3) is 0 Å². The summed E-state index contributed by atoms with van der Waals surface area (Å²) in [5.41, 5.74) is 5.65. The normalized spacial score (nSPS) is 19.4. The molecule has 106 valence electrons. The second-order valence-corrected chi connectivity index (χ2v) is 5.05. The van der Waals surface area contributed by atoms with E-state index in [9.17, 15) is 18.0 Å². The van der Waals surface area contributed by atoms with Gasteiger partial charge in [0, 0.05) is 6.04 Å². The zero-order valence-corrected chi connectivity index (χ0v) is 10.8. The van der Waals surface area contributed by atoms with Crippen LogP contribution in [0.2, 0.25) is 0 Å². The molecular formula is C12H21F3N2O. The van der Waals surface area contributed by atoms with Gasteiger partial charge in [-0.3, -0.25) is 4.79 Å². The number of amides is 1. The summed E-state index contributed by atoms with van der Waals surface area (Å²) in [7, 11) is 0. The molecule has 0 saturated heterocycles. The molecule has 2 N–H and O–H groups in total. The lowest BCUT2D eigenvalue weighted by molar-refractivity contribution is -0.166. The second kappa shape index (κ2) is 5.91. The number of alkyl halides is 3. The summed E-state index contributed by atoms with van der Waals surface area (Å²) in [6.45, 7) is 2.34. The fraction of sp³-hybridized carbons (Fsp3) is 0.917. The molecule has 1 amide bonds. The number of rotatable bonds is 6. The van der Waals surface area contributed by atoms with Gasteiger partial charge in [-0.1, -0.05) is 13.3 Å². The maximum Gasteiger partial charge on any atom is 0.406 e. The van der Waals surface area contributed by atoms with E-state index >= 15 is 0 Å². The van der Waals surface area contributed by atoms with E-state index in [1.54, 1.807) is 6.92 Å². The van der Waals surface area contributed by atoms with Gasteiger partial charge in [-0.25, -0.2) is 0 Å². The van der Waals surface area contributed by atoms with Crippen LogP contribution in [0.3, 0.4) is 0 Å². The van der Waals surface area contributed by atoms with Crippen LogP contribution in [0.4, 0.5) is 13.2 Å². The smallest absolute Gasteiger partial charge is 0.329 e. The van der Waals surface area contributed by atoms with Gasteiger partial charge in [-0.2, -0.15) is 13.2 Å². The highest BCUT2D eigenvalue weighted by atomic mass is 19.4. The first-order valence-electron chi connectivity index (χ1n) is 6.39. The molecule has 1 saturated carbocycles. The van der Waals surface area contributed by atoms with Gasteiger partial charge in [0.2, 0.25) is 5.91 Å². The first-order valence-corrected chi connectivity index (χ1v) is 6.39. The van der Waals surface area contributed by atoms with Crippen LogP contribution >= 0.6 is 0 Å². The molecule has 1 aliphatic carbocycles. The first kappa shape index (κ1) is 15.3. The van der Waals surface area contributed by atoms with Gasteiger partial charge < -0.3 is 10.6 Å². The van der Waals surface area contributed by atoms with Gasteiger partial charge in [0.1, 0.15) is 6.54 Å². The third kappa shape index (κ3) is 4.48. The van der Waals surface area contributed by atoms with Crippen LogP contribution < -0.4 is 5.73 Å². The van der Waals surface area contributed by atoms with Crippen LogP contribution in [-0.2, 0) is 4.79 Å². The van der Waals surface area contributed by atoms with E-state index in [-0.39, 0.29) is 12.0 Å². The van der Waals surface area contributed by atoms with Crippen molar-refractivity contribution in [3.8, 4) is 0 Å². The molecule has 3 nitrogen and oxygen atoms in total. The van der Waals surface area contributed by atoms with Crippen molar-refractivity contribution in [1.82, 2.24) is 4.90 Å². The molecule has 6 heteroatoms. The van der Waals surface area contributed by atoms with Crippen LogP contribution in [-0.4, -0.2) is 35.6 Å². The highest BCUT2D eigenvalue weighted by molar-refractivity contribution is 5.82. The molecule has 1 fully saturated rings. The van der Waals surface area contributed by atoms with Gasteiger partial charge in [0.05, 0.1) is 6.04 Å². The Kier molecular flexibility index (Phi) is 5.01. The summed E-state index contributed by atoms with van der Waals surface area (Å²) in [6, 6.07) is -1.19. The fourth-order valence-corrected chi connectivity index (χ4v) is 2.10. The number of nitrogens with two attached hydrogens (primary N) is 1. The van der Waals surface area contributed by atoms with E-state index < -0.39 is 24.7 Å². The molecule has 0 heterocycles. The van der Waals surface area contributed by atoms with Crippen molar-refractivity contribution in [3.05, 3.63) is 0 Å². The molecule has 0 bridgehead atoms. The Labute approximate surface area is 106 Å². The minimum Gasteiger partial charge on any atom is -0.329 e. The van der Waals surface area contributed by atoms with Crippen molar-refractivity contribution < 1.29 is 18.0 Å². The molecule has 0 radical (unpaired) electrons. The SMILES string of the molecule is CCC[C@@H](N)C(=O)N(CC(F)(F)F)C(C)C1CC1. The number of halogens is 3. The van der Waals surface area contributed by atoms with Crippen molar-refractivity contribution in [2.45, 2.75) is 57.8 Å². The third-order valence-electron chi connectivity index (χ3n) is 3.35. The zero-order valence-electron chi connectivity index (χ0n) is 10.8. The topological polar surface area (TPSA) is 46.3 Å². The lowest BCUT2D eigenvalue weighted by atomic mass is 10.1. The molecule has 0 aliphatic heterocycles. The Morgan fingerprint density at radius 2 is 2.00 bits per heavy atom. The average molecular weight is 266 g/mol. The van der Waals surface area contributed by atoms with E-state index in [4.69, 9.17) is 5.73 Å². The molecular weight excluding hydrogens is 245 g/mol. The Balaban J connectivity index is 2.72. The van der Waals surface area contributed by atoms with Gasteiger partial charge in [0.15, 0.2) is 0 Å². The Morgan fingerprint density at radius 1 is 1.44 bits per heavy atom. The average Bonchev–Trinajstić information content (AvgIpc) is 3.06. The summed E-state index contributed by atoms with van der Waals surface area (Å²) < 4.78 is 37.6. The monoisotopic (exact) mass is 266 g/mol. The lowest BCUT2D eigenvalue weighted by Gasteiger charge is -2.32. The largest absolute Gasteiger partial charge is 0.406 e. The minimum absolute atomic E-state index is 0.199. The van der Waals surface area contributed by atoms with Crippen LogP contribution in [0, 0.1) is 5.92 Å². The zero-order chi connectivity index (χ0) is 13.9. The van der Waals surface area contributed by atoms with Crippen molar-refractivity contribution in [2.24, 2.45) is 11.7 Å². The molecule has 1 unspecified atom stereocenters. The summed E-state index contributed by atoms with van der Waals surface area (Å²) in [5, 5.41) is 0. The summed E-state index contributed by atoms with van der Waals surface area (Å²) >= 11 is 0. The molecule has 0 aromatic rings. The van der Waals surface area contributed by atoms with Crippen molar-refractivity contribution in [2.75, 3.05) is 6.54 Å². The Morgan fingerprint density at radius 3 is 2.39 bits per heavy atom. The van der Waals surface area contributed by atoms with Gasteiger partial charge in [-0.15, -0.1) is 0 Å². The summed E-state index contributed by atoms with van der Waals surface area (Å²) in [6.07, 6.45) is -1.47. The number of nitrogens with zero attached hydrogens (tertiary/aromatic N) is 1. The maximum absolute atomic E-state index is 12.5. The van der Waals surface area contributed by atoms with Crippen LogP contribution in [0.25, 0.3) is 0 Å². The highest BCUT2D eigenvalue weighted by Gasteiger charge is 2.41. The third-order valence-corrected chi connectivity index (χ3v) is 3.35. The lowest BCUT2D eigenvalue weighted by Crippen LogP contribution is -2.51. The van der Waals surface area contributed by atoms with Crippen molar-refractivity contribution in [1.29, 1.82) is 0 Å². The first-order chi connectivity index (χ1) is 8.26. The maximum atomic E-state index is 12.5. The number of carbonyl (C=O) groups excluding carboxylic acids is 1.